The topological polar surface area (TPSA) is 48.1 Å². The highest BCUT2D eigenvalue weighted by Gasteiger charge is 2.01. The van der Waals surface area contributed by atoms with Crippen LogP contribution in [0, 0.1) is 10.1 Å². The molecule has 0 saturated carbocycles. The van der Waals surface area contributed by atoms with Crippen molar-refractivity contribution in [1.29, 1.82) is 0 Å². The minimum absolute atomic E-state index is 0.0342. The van der Waals surface area contributed by atoms with Gasteiger partial charge in [0.1, 0.15) is 0 Å². The van der Waals surface area contributed by atoms with Crippen molar-refractivity contribution in [1.82, 2.24) is 4.57 Å². The average Bonchev–Trinajstić information content (AvgIpc) is 2.62. The summed E-state index contributed by atoms with van der Waals surface area (Å²) in [6, 6.07) is 10.1. The molecule has 0 bridgehead atoms. The number of benzene rings is 1. The molecule has 0 spiro atoms. The van der Waals surface area contributed by atoms with Gasteiger partial charge in [0.15, 0.2) is 0 Å². The van der Waals surface area contributed by atoms with E-state index in [1.807, 2.05) is 36.5 Å². The van der Waals surface area contributed by atoms with Gasteiger partial charge >= 0.3 is 0 Å². The minimum Gasteiger partial charge on any atom is -0.347 e. The molecule has 0 aliphatic heterocycles. The summed E-state index contributed by atoms with van der Waals surface area (Å²) in [5, 5.41) is 11.4. The molecule has 1 aromatic heterocycles. The van der Waals surface area contributed by atoms with Gasteiger partial charge in [-0.15, -0.1) is 0 Å². The van der Waals surface area contributed by atoms with Crippen molar-refractivity contribution in [2.75, 3.05) is 6.54 Å². The maximum absolute atomic E-state index is 10.2. The fourth-order valence-corrected chi connectivity index (χ4v) is 1.71. The first-order valence-corrected chi connectivity index (χ1v) is 4.93. The lowest BCUT2D eigenvalue weighted by Gasteiger charge is -2.02. The summed E-state index contributed by atoms with van der Waals surface area (Å²) in [5.41, 5.74) is 1.14. The monoisotopic (exact) mass is 204 g/mol. The number of fused-ring (bicyclic) bond motifs is 1. The lowest BCUT2D eigenvalue weighted by molar-refractivity contribution is -0.480. The van der Waals surface area contributed by atoms with E-state index in [1.54, 1.807) is 0 Å². The Balaban J connectivity index is 2.11. The molecule has 0 amide bonds. The highest BCUT2D eigenvalue weighted by Crippen LogP contribution is 2.15. The Bertz CT molecular complexity index is 476. The Morgan fingerprint density at radius 2 is 2.07 bits per heavy atom. The quantitative estimate of drug-likeness (QED) is 0.566. The first kappa shape index (κ1) is 9.71. The number of nitro groups is 1. The van der Waals surface area contributed by atoms with Crippen molar-refractivity contribution in [3.05, 3.63) is 46.6 Å². The van der Waals surface area contributed by atoms with Crippen molar-refractivity contribution < 1.29 is 4.92 Å². The molecule has 0 fully saturated rings. The van der Waals surface area contributed by atoms with Crippen LogP contribution in [0.15, 0.2) is 36.5 Å². The number of rotatable bonds is 4. The third kappa shape index (κ3) is 2.15. The number of para-hydroxylation sites is 1. The second-order valence-corrected chi connectivity index (χ2v) is 3.48. The normalized spacial score (nSPS) is 10.7. The van der Waals surface area contributed by atoms with Crippen molar-refractivity contribution in [3.63, 3.8) is 0 Å². The van der Waals surface area contributed by atoms with Gasteiger partial charge in [0.05, 0.1) is 0 Å². The molecule has 15 heavy (non-hydrogen) atoms. The van der Waals surface area contributed by atoms with Crippen LogP contribution in [-0.2, 0) is 6.54 Å². The molecule has 0 radical (unpaired) electrons. The summed E-state index contributed by atoms with van der Waals surface area (Å²) in [5.74, 6) is 0. The first-order chi connectivity index (χ1) is 7.27. The van der Waals surface area contributed by atoms with Crippen LogP contribution in [0.25, 0.3) is 10.9 Å². The third-order valence-corrected chi connectivity index (χ3v) is 2.42. The molecule has 0 unspecified atom stereocenters. The molecule has 0 aliphatic carbocycles. The lowest BCUT2D eigenvalue weighted by atomic mass is 10.2. The molecule has 1 aromatic carbocycles. The van der Waals surface area contributed by atoms with E-state index in [0.29, 0.717) is 13.0 Å². The van der Waals surface area contributed by atoms with Crippen LogP contribution in [0.4, 0.5) is 0 Å². The summed E-state index contributed by atoms with van der Waals surface area (Å²) in [4.78, 5) is 9.92. The van der Waals surface area contributed by atoms with Gasteiger partial charge in [-0.05, 0) is 17.5 Å². The van der Waals surface area contributed by atoms with Crippen molar-refractivity contribution in [2.45, 2.75) is 13.0 Å². The molecule has 0 atom stereocenters. The Hall–Kier alpha value is -1.84. The predicted molar refractivity (Wildman–Crippen MR) is 58.4 cm³/mol. The zero-order chi connectivity index (χ0) is 10.7. The molecule has 4 nitrogen and oxygen atoms in total. The lowest BCUT2D eigenvalue weighted by Crippen LogP contribution is -2.05. The number of hydrogen-bond donors (Lipinski definition) is 0. The van der Waals surface area contributed by atoms with E-state index in [9.17, 15) is 10.1 Å². The molecular formula is C11H12N2O2. The zero-order valence-corrected chi connectivity index (χ0v) is 8.30. The highest BCUT2D eigenvalue weighted by molar-refractivity contribution is 5.79. The van der Waals surface area contributed by atoms with E-state index in [4.69, 9.17) is 0 Å². The van der Waals surface area contributed by atoms with E-state index in [0.717, 1.165) is 5.52 Å². The molecule has 4 heteroatoms. The van der Waals surface area contributed by atoms with Crippen LogP contribution in [0.5, 0.6) is 0 Å². The van der Waals surface area contributed by atoms with Gasteiger partial charge in [-0.1, -0.05) is 18.2 Å². The number of nitrogens with zero attached hydrogens (tertiary/aromatic N) is 2. The maximum atomic E-state index is 10.2. The van der Waals surface area contributed by atoms with E-state index < -0.39 is 0 Å². The minimum atomic E-state index is -0.272. The van der Waals surface area contributed by atoms with E-state index in [1.165, 1.54) is 5.39 Å². The van der Waals surface area contributed by atoms with Gasteiger partial charge in [-0.25, -0.2) is 0 Å². The summed E-state index contributed by atoms with van der Waals surface area (Å²) in [7, 11) is 0. The van der Waals surface area contributed by atoms with E-state index in [2.05, 4.69) is 4.57 Å². The summed E-state index contributed by atoms with van der Waals surface area (Å²) < 4.78 is 2.05. The smallest absolute Gasteiger partial charge is 0.205 e. The fraction of sp³-hybridized carbons (Fsp3) is 0.273. The summed E-state index contributed by atoms with van der Waals surface area (Å²) >= 11 is 0. The number of hydrogen-bond acceptors (Lipinski definition) is 2. The maximum Gasteiger partial charge on any atom is 0.205 e. The van der Waals surface area contributed by atoms with Crippen LogP contribution in [0.3, 0.4) is 0 Å². The van der Waals surface area contributed by atoms with Crippen LogP contribution in [-0.4, -0.2) is 16.0 Å². The molecule has 2 aromatic rings. The van der Waals surface area contributed by atoms with Crippen LogP contribution < -0.4 is 0 Å². The van der Waals surface area contributed by atoms with Gasteiger partial charge < -0.3 is 4.57 Å². The Morgan fingerprint density at radius 1 is 1.27 bits per heavy atom. The van der Waals surface area contributed by atoms with Gasteiger partial charge in [-0.3, -0.25) is 10.1 Å². The Kier molecular flexibility index (Phi) is 2.67. The molecule has 1 heterocycles. The second-order valence-electron chi connectivity index (χ2n) is 3.48. The number of aryl methyl sites for hydroxylation is 1. The largest absolute Gasteiger partial charge is 0.347 e. The van der Waals surface area contributed by atoms with Gasteiger partial charge in [0.25, 0.3) is 0 Å². The molecule has 2 rings (SSSR count). The molecule has 0 aliphatic rings. The Morgan fingerprint density at radius 3 is 2.87 bits per heavy atom. The second kappa shape index (κ2) is 4.13. The predicted octanol–water partition coefficient (Wildman–Crippen LogP) is 2.31. The van der Waals surface area contributed by atoms with E-state index >= 15 is 0 Å². The first-order valence-electron chi connectivity index (χ1n) is 4.93. The molecule has 0 N–H and O–H groups in total. The number of aromatic nitrogens is 1. The fourth-order valence-electron chi connectivity index (χ4n) is 1.71. The summed E-state index contributed by atoms with van der Waals surface area (Å²) in [6.07, 6.45) is 2.55. The van der Waals surface area contributed by atoms with Crippen molar-refractivity contribution >= 4 is 10.9 Å². The van der Waals surface area contributed by atoms with Crippen molar-refractivity contribution in [3.8, 4) is 0 Å². The molecule has 78 valence electrons. The van der Waals surface area contributed by atoms with Crippen molar-refractivity contribution in [2.24, 2.45) is 0 Å². The average molecular weight is 204 g/mol. The van der Waals surface area contributed by atoms with Gasteiger partial charge in [0.2, 0.25) is 6.54 Å². The van der Waals surface area contributed by atoms with Crippen LogP contribution in [0.2, 0.25) is 0 Å². The highest BCUT2D eigenvalue weighted by atomic mass is 16.6. The van der Waals surface area contributed by atoms with E-state index in [-0.39, 0.29) is 11.5 Å². The molecule has 0 saturated heterocycles. The SMILES string of the molecule is O=[N+]([O-])CCCn1ccc2ccccc21. The van der Waals surface area contributed by atoms with Crippen LogP contribution >= 0.6 is 0 Å². The van der Waals surface area contributed by atoms with Gasteiger partial charge in [-0.2, -0.15) is 0 Å². The zero-order valence-electron chi connectivity index (χ0n) is 8.30. The van der Waals surface area contributed by atoms with Crippen LogP contribution in [0.1, 0.15) is 6.42 Å². The van der Waals surface area contributed by atoms with Gasteiger partial charge in [0, 0.05) is 29.6 Å². The Labute approximate surface area is 87.3 Å². The summed E-state index contributed by atoms with van der Waals surface area (Å²) in [6.45, 7) is 0.737. The third-order valence-electron chi connectivity index (χ3n) is 2.42. The standard InChI is InChI=1S/C11H12N2O2/c14-13(15)8-3-7-12-9-6-10-4-1-2-5-11(10)12/h1-2,4-6,9H,3,7-8H2. The molecular weight excluding hydrogens is 192 g/mol.